The van der Waals surface area contributed by atoms with Crippen LogP contribution in [-0.2, 0) is 24.6 Å². The van der Waals surface area contributed by atoms with E-state index >= 15 is 4.39 Å². The van der Waals surface area contributed by atoms with Crippen LogP contribution in [0.4, 0.5) is 4.39 Å². The Hall–Kier alpha value is -4.47. The summed E-state index contributed by atoms with van der Waals surface area (Å²) in [5, 5.41) is 6.65. The number of ketones is 1. The van der Waals surface area contributed by atoms with E-state index in [0.717, 1.165) is 40.7 Å². The van der Waals surface area contributed by atoms with Gasteiger partial charge in [-0.25, -0.2) is 4.39 Å². The Morgan fingerprint density at radius 2 is 1.89 bits per heavy atom. The summed E-state index contributed by atoms with van der Waals surface area (Å²) in [5.41, 5.74) is 4.81. The van der Waals surface area contributed by atoms with Crippen LogP contribution >= 0.6 is 11.6 Å². The zero-order chi connectivity index (χ0) is 32.6. The smallest absolute Gasteiger partial charge is 0.252 e. The minimum Gasteiger partial charge on any atom is -0.494 e. The van der Waals surface area contributed by atoms with Crippen molar-refractivity contribution in [2.75, 3.05) is 13.7 Å². The van der Waals surface area contributed by atoms with Crippen LogP contribution in [0.1, 0.15) is 58.8 Å². The lowest BCUT2D eigenvalue weighted by Gasteiger charge is -2.20. The average molecular weight is 646 g/mol. The SMILES string of the molecule is COc1cccc(-c2cccc(COc3cc4c(cc3Cl)CN[C@H](C(C)=O)CCCCNC(=O)c3cncc(c3)CO4)c2C)c1F. The van der Waals surface area contributed by atoms with E-state index in [9.17, 15) is 9.59 Å². The van der Waals surface area contributed by atoms with Gasteiger partial charge < -0.3 is 24.8 Å². The van der Waals surface area contributed by atoms with E-state index in [4.69, 9.17) is 25.8 Å². The molecule has 3 aromatic carbocycles. The molecule has 5 rings (SSSR count). The molecule has 0 radical (unpaired) electrons. The average Bonchev–Trinajstić information content (AvgIpc) is 3.05. The molecule has 0 fully saturated rings. The molecule has 0 unspecified atom stereocenters. The number of rotatable bonds is 6. The highest BCUT2D eigenvalue weighted by Crippen LogP contribution is 2.36. The zero-order valence-corrected chi connectivity index (χ0v) is 26.9. The first kappa shape index (κ1) is 32.9. The van der Waals surface area contributed by atoms with Crippen LogP contribution in [0.5, 0.6) is 17.2 Å². The minimum atomic E-state index is -0.425. The van der Waals surface area contributed by atoms with Crippen LogP contribution in [-0.4, -0.2) is 36.4 Å². The number of Topliss-reactive ketones (excluding diaryl/α,β-unsaturated/α-hetero) is 1. The quantitative estimate of drug-likeness (QED) is 0.234. The predicted octanol–water partition coefficient (Wildman–Crippen LogP) is 6.98. The number of ether oxygens (including phenoxy) is 3. The largest absolute Gasteiger partial charge is 0.494 e. The van der Waals surface area contributed by atoms with Crippen molar-refractivity contribution in [3.63, 3.8) is 0 Å². The lowest BCUT2D eigenvalue weighted by atomic mass is 9.96. The number of amides is 1. The van der Waals surface area contributed by atoms with Gasteiger partial charge in [0.05, 0.1) is 23.7 Å². The van der Waals surface area contributed by atoms with Gasteiger partial charge in [-0.05, 0) is 68.0 Å². The Kier molecular flexibility index (Phi) is 10.9. The molecule has 46 heavy (non-hydrogen) atoms. The number of carbonyl (C=O) groups excluding carboxylic acids is 2. The molecule has 0 saturated carbocycles. The molecule has 1 atom stereocenters. The second kappa shape index (κ2) is 15.2. The van der Waals surface area contributed by atoms with E-state index in [-0.39, 0.29) is 36.7 Å². The Morgan fingerprint density at radius 3 is 2.70 bits per heavy atom. The maximum atomic E-state index is 15.1. The third-order valence-electron chi connectivity index (χ3n) is 8.10. The summed E-state index contributed by atoms with van der Waals surface area (Å²) in [5.74, 6) is 0.494. The van der Waals surface area contributed by atoms with Crippen LogP contribution in [0.15, 0.2) is 67.0 Å². The molecular weight excluding hydrogens is 609 g/mol. The Bertz CT molecular complexity index is 1730. The number of halogens is 2. The third-order valence-corrected chi connectivity index (χ3v) is 8.40. The van der Waals surface area contributed by atoms with Gasteiger partial charge in [0.25, 0.3) is 5.91 Å². The van der Waals surface area contributed by atoms with Gasteiger partial charge in [0.15, 0.2) is 11.6 Å². The molecule has 1 aliphatic heterocycles. The molecule has 0 spiro atoms. The fraction of sp³-hybridized carbons (Fsp3) is 0.306. The van der Waals surface area contributed by atoms with E-state index in [0.29, 0.717) is 47.2 Å². The summed E-state index contributed by atoms with van der Waals surface area (Å²) in [7, 11) is 1.44. The molecule has 2 heterocycles. The summed E-state index contributed by atoms with van der Waals surface area (Å²) in [6.07, 6.45) is 5.31. The molecule has 0 aliphatic carbocycles. The van der Waals surface area contributed by atoms with Gasteiger partial charge in [-0.2, -0.15) is 0 Å². The number of hydrogen-bond acceptors (Lipinski definition) is 7. The number of pyridine rings is 1. The van der Waals surface area contributed by atoms with Crippen molar-refractivity contribution in [1.82, 2.24) is 15.6 Å². The van der Waals surface area contributed by atoms with E-state index in [1.54, 1.807) is 49.5 Å². The molecule has 10 heteroatoms. The van der Waals surface area contributed by atoms with Crippen LogP contribution in [0.25, 0.3) is 11.1 Å². The minimum absolute atomic E-state index is 0.0335. The van der Waals surface area contributed by atoms with E-state index in [2.05, 4.69) is 15.6 Å². The highest BCUT2D eigenvalue weighted by Gasteiger charge is 2.19. The number of aromatic nitrogens is 1. The van der Waals surface area contributed by atoms with E-state index in [1.165, 1.54) is 13.3 Å². The van der Waals surface area contributed by atoms with Gasteiger partial charge in [0.2, 0.25) is 0 Å². The Labute approximate surface area is 273 Å². The fourth-order valence-electron chi connectivity index (χ4n) is 5.43. The number of nitrogens with zero attached hydrogens (tertiary/aromatic N) is 1. The summed E-state index contributed by atoms with van der Waals surface area (Å²) < 4.78 is 32.7. The molecule has 0 saturated heterocycles. The second-order valence-corrected chi connectivity index (χ2v) is 11.7. The lowest BCUT2D eigenvalue weighted by molar-refractivity contribution is -0.119. The maximum Gasteiger partial charge on any atom is 0.252 e. The molecule has 1 aromatic heterocycles. The fourth-order valence-corrected chi connectivity index (χ4v) is 5.67. The van der Waals surface area contributed by atoms with Crippen molar-refractivity contribution in [1.29, 1.82) is 0 Å². The van der Waals surface area contributed by atoms with Crippen LogP contribution in [0, 0.1) is 12.7 Å². The van der Waals surface area contributed by atoms with E-state index < -0.39 is 5.82 Å². The summed E-state index contributed by atoms with van der Waals surface area (Å²) in [6.45, 7) is 4.67. The van der Waals surface area contributed by atoms with Crippen LogP contribution in [0.2, 0.25) is 5.02 Å². The number of carbonyl (C=O) groups is 2. The first-order valence-electron chi connectivity index (χ1n) is 15.2. The van der Waals surface area contributed by atoms with Gasteiger partial charge in [-0.1, -0.05) is 41.9 Å². The second-order valence-electron chi connectivity index (χ2n) is 11.3. The molecule has 2 bridgehead atoms. The maximum absolute atomic E-state index is 15.1. The Morgan fingerprint density at radius 1 is 1.09 bits per heavy atom. The van der Waals surface area contributed by atoms with Gasteiger partial charge >= 0.3 is 0 Å². The third kappa shape index (κ3) is 7.84. The molecular formula is C36H37ClFN3O5. The highest BCUT2D eigenvalue weighted by molar-refractivity contribution is 6.32. The van der Waals surface area contributed by atoms with Crippen LogP contribution < -0.4 is 24.8 Å². The van der Waals surface area contributed by atoms with Crippen LogP contribution in [0.3, 0.4) is 0 Å². The summed E-state index contributed by atoms with van der Waals surface area (Å²) >= 11 is 6.74. The molecule has 4 aromatic rings. The highest BCUT2D eigenvalue weighted by atomic mass is 35.5. The number of fused-ring (bicyclic) bond motifs is 3. The van der Waals surface area contributed by atoms with E-state index in [1.807, 2.05) is 25.1 Å². The number of hydrogen-bond donors (Lipinski definition) is 2. The number of nitrogens with one attached hydrogen (secondary N) is 2. The number of methoxy groups -OCH3 is 1. The standard InChI is InChI=1S/C36H37ClFN3O5/c1-22-25(8-6-9-28(22)29-10-7-12-32(44-3)35(29)38)21-46-34-16-33-26(15-30(34)37)19-41-31(23(2)42)11-4-5-13-40-36(43)27-14-24(20-45-33)17-39-18-27/h6-10,12,14-18,31,41H,4-5,11,13,19-21H2,1-3H3,(H,40,43)/t31-/m0/s1. The van der Waals surface area contributed by atoms with Gasteiger partial charge in [0, 0.05) is 48.2 Å². The first-order chi connectivity index (χ1) is 22.2. The summed E-state index contributed by atoms with van der Waals surface area (Å²) in [4.78, 5) is 29.3. The molecule has 8 nitrogen and oxygen atoms in total. The van der Waals surface area contributed by atoms with Crippen molar-refractivity contribution >= 4 is 23.3 Å². The van der Waals surface area contributed by atoms with Crippen molar-refractivity contribution in [3.05, 3.63) is 106 Å². The van der Waals surface area contributed by atoms with Crippen molar-refractivity contribution in [3.8, 4) is 28.4 Å². The summed E-state index contributed by atoms with van der Waals surface area (Å²) in [6, 6.07) is 15.6. The zero-order valence-electron chi connectivity index (χ0n) is 26.1. The molecule has 1 amide bonds. The monoisotopic (exact) mass is 645 g/mol. The number of benzene rings is 3. The topological polar surface area (TPSA) is 98.8 Å². The molecule has 240 valence electrons. The van der Waals surface area contributed by atoms with Gasteiger partial charge in [0.1, 0.15) is 30.5 Å². The Balaban J connectivity index is 1.42. The molecule has 1 aliphatic rings. The normalized spacial score (nSPS) is 15.7. The van der Waals surface area contributed by atoms with Crippen molar-refractivity contribution in [2.45, 2.75) is 58.9 Å². The predicted molar refractivity (Wildman–Crippen MR) is 175 cm³/mol. The van der Waals surface area contributed by atoms with Crippen molar-refractivity contribution < 1.29 is 28.2 Å². The lowest BCUT2D eigenvalue weighted by Crippen LogP contribution is -2.35. The van der Waals surface area contributed by atoms with Gasteiger partial charge in [-0.15, -0.1) is 0 Å². The molecule has 2 N–H and O–H groups in total. The first-order valence-corrected chi connectivity index (χ1v) is 15.6. The van der Waals surface area contributed by atoms with Crippen molar-refractivity contribution in [2.24, 2.45) is 0 Å². The van der Waals surface area contributed by atoms with Gasteiger partial charge in [-0.3, -0.25) is 14.6 Å².